The maximum atomic E-state index is 12.9. The predicted octanol–water partition coefficient (Wildman–Crippen LogP) is 3.10. The zero-order chi connectivity index (χ0) is 20.3. The van der Waals surface area contributed by atoms with Crippen LogP contribution in [0.5, 0.6) is 0 Å². The van der Waals surface area contributed by atoms with Gasteiger partial charge in [-0.1, -0.05) is 18.2 Å². The number of carbonyl (C=O) groups excluding carboxylic acids is 2. The smallest absolute Gasteiger partial charge is 0.314 e. The Labute approximate surface area is 166 Å². The van der Waals surface area contributed by atoms with E-state index in [-0.39, 0.29) is 47.8 Å². The Kier molecular flexibility index (Phi) is 4.51. The van der Waals surface area contributed by atoms with Crippen LogP contribution >= 0.6 is 0 Å². The van der Waals surface area contributed by atoms with Crippen molar-refractivity contribution in [1.82, 2.24) is 0 Å². The minimum atomic E-state index is -0.997. The van der Waals surface area contributed by atoms with E-state index in [1.165, 1.54) is 6.92 Å². The highest BCUT2D eigenvalue weighted by Crippen LogP contribution is 2.52. The third kappa shape index (κ3) is 3.41. The highest BCUT2D eigenvalue weighted by Gasteiger charge is 2.60. The van der Waals surface area contributed by atoms with Gasteiger partial charge in [-0.05, 0) is 52.5 Å². The number of cyclic esters (lactones) is 1. The molecule has 3 saturated heterocycles. The molecule has 6 nitrogen and oxygen atoms in total. The van der Waals surface area contributed by atoms with Gasteiger partial charge in [-0.3, -0.25) is 9.59 Å². The third-order valence-corrected chi connectivity index (χ3v) is 6.84. The molecule has 0 bridgehead atoms. The molecule has 3 aliphatic heterocycles. The molecule has 154 valence electrons. The Hall–Kier alpha value is -1.66. The maximum Gasteiger partial charge on any atom is 0.314 e. The summed E-state index contributed by atoms with van der Waals surface area (Å²) in [5.41, 5.74) is -0.468. The molecule has 28 heavy (non-hydrogen) atoms. The van der Waals surface area contributed by atoms with E-state index in [0.29, 0.717) is 0 Å². The summed E-state index contributed by atoms with van der Waals surface area (Å²) >= 11 is 0. The lowest BCUT2D eigenvalue weighted by atomic mass is 9.74. The number of ether oxygens (including phenoxy) is 4. The average Bonchev–Trinajstić information content (AvgIpc) is 3.41. The molecule has 0 spiro atoms. The van der Waals surface area contributed by atoms with Crippen LogP contribution < -0.4 is 0 Å². The number of esters is 2. The summed E-state index contributed by atoms with van der Waals surface area (Å²) in [5, 5.41) is 0. The summed E-state index contributed by atoms with van der Waals surface area (Å²) in [6, 6.07) is 0. The van der Waals surface area contributed by atoms with Gasteiger partial charge in [0.25, 0.3) is 0 Å². The van der Waals surface area contributed by atoms with Crippen LogP contribution in [0.2, 0.25) is 0 Å². The first kappa shape index (κ1) is 19.6. The highest BCUT2D eigenvalue weighted by atomic mass is 16.6. The standard InChI is InChI=1S/C22H30O6/c1-13-6-7-17-21(5,27-17)10-8-15-18(13)19(24)28-22(15,12-25-14(2)23)11-9-16-20(3,4)26-16/h9,11,15-18H,1,6-8,10,12H2,2-5H3/b11-9+/t15-,16+,17-,18-,21-,22+/m0/s1. The number of epoxide rings is 2. The van der Waals surface area contributed by atoms with Crippen LogP contribution in [0, 0.1) is 11.8 Å². The first-order valence-corrected chi connectivity index (χ1v) is 10.2. The molecule has 0 aromatic heterocycles. The van der Waals surface area contributed by atoms with Gasteiger partial charge in [-0.25, -0.2) is 0 Å². The highest BCUT2D eigenvalue weighted by molar-refractivity contribution is 5.80. The van der Waals surface area contributed by atoms with Crippen LogP contribution in [0.4, 0.5) is 0 Å². The summed E-state index contributed by atoms with van der Waals surface area (Å²) in [4.78, 5) is 24.4. The SMILES string of the molecule is C=C1CC[C@@H]2O[C@@]2(C)CC[C@H]2[C@H]1C(=O)O[C@]2(/C=C/[C@H]1OC1(C)C)COC(C)=O. The molecule has 0 aromatic rings. The molecule has 1 saturated carbocycles. The maximum absolute atomic E-state index is 12.9. The lowest BCUT2D eigenvalue weighted by Gasteiger charge is -2.32. The molecular formula is C22H30O6. The van der Waals surface area contributed by atoms with E-state index < -0.39 is 11.6 Å². The van der Waals surface area contributed by atoms with Gasteiger partial charge < -0.3 is 18.9 Å². The fraction of sp³-hybridized carbons (Fsp3) is 0.727. The minimum absolute atomic E-state index is 0.00711. The van der Waals surface area contributed by atoms with Crippen molar-refractivity contribution in [2.24, 2.45) is 11.8 Å². The molecular weight excluding hydrogens is 360 g/mol. The Bertz CT molecular complexity index is 739. The molecule has 0 unspecified atom stereocenters. The summed E-state index contributed by atoms with van der Waals surface area (Å²) < 4.78 is 22.9. The third-order valence-electron chi connectivity index (χ3n) is 6.84. The van der Waals surface area contributed by atoms with E-state index >= 15 is 0 Å². The fourth-order valence-electron chi connectivity index (χ4n) is 4.80. The lowest BCUT2D eigenvalue weighted by molar-refractivity contribution is -0.159. The van der Waals surface area contributed by atoms with Crippen LogP contribution in [0.25, 0.3) is 0 Å². The number of rotatable bonds is 4. The van der Waals surface area contributed by atoms with Gasteiger partial charge in [0.05, 0.1) is 23.2 Å². The number of carbonyl (C=O) groups is 2. The summed E-state index contributed by atoms with van der Waals surface area (Å²) in [6.07, 6.45) is 7.22. The second kappa shape index (κ2) is 6.42. The molecule has 0 amide bonds. The molecule has 4 fully saturated rings. The summed E-state index contributed by atoms with van der Waals surface area (Å²) in [5.74, 6) is -1.20. The first-order chi connectivity index (χ1) is 13.1. The zero-order valence-electron chi connectivity index (χ0n) is 17.2. The van der Waals surface area contributed by atoms with Crippen LogP contribution in [0.1, 0.15) is 53.4 Å². The molecule has 6 atom stereocenters. The van der Waals surface area contributed by atoms with Crippen molar-refractivity contribution in [1.29, 1.82) is 0 Å². The molecule has 0 N–H and O–H groups in total. The van der Waals surface area contributed by atoms with E-state index in [9.17, 15) is 9.59 Å². The van der Waals surface area contributed by atoms with Gasteiger partial charge in [0.15, 0.2) is 5.60 Å². The normalized spacial score (nSPS) is 44.0. The molecule has 6 heteroatoms. The summed E-state index contributed by atoms with van der Waals surface area (Å²) in [7, 11) is 0. The topological polar surface area (TPSA) is 77.7 Å². The molecule has 3 heterocycles. The lowest BCUT2D eigenvalue weighted by Crippen LogP contribution is -2.41. The average molecular weight is 390 g/mol. The van der Waals surface area contributed by atoms with Crippen LogP contribution in [0.3, 0.4) is 0 Å². The fourth-order valence-corrected chi connectivity index (χ4v) is 4.80. The van der Waals surface area contributed by atoms with Crippen LogP contribution in [-0.2, 0) is 28.5 Å². The van der Waals surface area contributed by atoms with Crippen LogP contribution in [0.15, 0.2) is 24.3 Å². The van der Waals surface area contributed by atoms with Crippen molar-refractivity contribution >= 4 is 11.9 Å². The Balaban J connectivity index is 1.65. The largest absolute Gasteiger partial charge is 0.461 e. The van der Waals surface area contributed by atoms with Gasteiger partial charge in [0.1, 0.15) is 12.7 Å². The van der Waals surface area contributed by atoms with E-state index in [4.69, 9.17) is 18.9 Å². The van der Waals surface area contributed by atoms with Crippen molar-refractivity contribution in [2.45, 2.75) is 82.4 Å². The van der Waals surface area contributed by atoms with Crippen molar-refractivity contribution in [3.63, 3.8) is 0 Å². The number of hydrogen-bond acceptors (Lipinski definition) is 6. The van der Waals surface area contributed by atoms with Crippen molar-refractivity contribution in [3.05, 3.63) is 24.3 Å². The second-order valence-corrected chi connectivity index (χ2v) is 9.40. The van der Waals surface area contributed by atoms with Crippen LogP contribution in [-0.4, -0.2) is 47.6 Å². The first-order valence-electron chi connectivity index (χ1n) is 10.2. The predicted molar refractivity (Wildman–Crippen MR) is 101 cm³/mol. The molecule has 0 radical (unpaired) electrons. The minimum Gasteiger partial charge on any atom is -0.461 e. The summed E-state index contributed by atoms with van der Waals surface area (Å²) in [6.45, 7) is 11.7. The Morgan fingerprint density at radius 2 is 2.00 bits per heavy atom. The van der Waals surface area contributed by atoms with Crippen molar-refractivity contribution in [2.75, 3.05) is 6.61 Å². The van der Waals surface area contributed by atoms with Gasteiger partial charge >= 0.3 is 11.9 Å². The van der Waals surface area contributed by atoms with Crippen molar-refractivity contribution in [3.8, 4) is 0 Å². The van der Waals surface area contributed by atoms with E-state index in [2.05, 4.69) is 13.5 Å². The van der Waals surface area contributed by atoms with Crippen molar-refractivity contribution < 1.29 is 28.5 Å². The molecule has 4 aliphatic rings. The molecule has 4 rings (SSSR count). The zero-order valence-corrected chi connectivity index (χ0v) is 17.2. The number of hydrogen-bond donors (Lipinski definition) is 0. The molecule has 0 aromatic carbocycles. The van der Waals surface area contributed by atoms with E-state index in [1.54, 1.807) is 0 Å². The van der Waals surface area contributed by atoms with E-state index in [1.807, 2.05) is 26.0 Å². The quantitative estimate of drug-likeness (QED) is 0.417. The second-order valence-electron chi connectivity index (χ2n) is 9.40. The monoisotopic (exact) mass is 390 g/mol. The van der Waals surface area contributed by atoms with Gasteiger partial charge in [-0.15, -0.1) is 0 Å². The Morgan fingerprint density at radius 1 is 1.29 bits per heavy atom. The van der Waals surface area contributed by atoms with Gasteiger partial charge in [0, 0.05) is 12.8 Å². The molecule has 1 aliphatic carbocycles. The van der Waals surface area contributed by atoms with E-state index in [0.717, 1.165) is 31.3 Å². The number of fused-ring (bicyclic) bond motifs is 2. The van der Waals surface area contributed by atoms with Gasteiger partial charge in [0.2, 0.25) is 0 Å². The van der Waals surface area contributed by atoms with Gasteiger partial charge in [-0.2, -0.15) is 0 Å². The Morgan fingerprint density at radius 3 is 2.64 bits per heavy atom.